The van der Waals surface area contributed by atoms with E-state index in [1.54, 1.807) is 0 Å². The summed E-state index contributed by atoms with van der Waals surface area (Å²) in [5.41, 5.74) is 2.63. The summed E-state index contributed by atoms with van der Waals surface area (Å²) in [6.07, 6.45) is 3.27. The number of aliphatic hydroxyl groups is 1. The second-order valence-corrected chi connectivity index (χ2v) is 6.60. The van der Waals surface area contributed by atoms with E-state index in [0.29, 0.717) is 30.2 Å². The van der Waals surface area contributed by atoms with Gasteiger partial charge in [0.2, 0.25) is 0 Å². The lowest BCUT2D eigenvalue weighted by molar-refractivity contribution is 0.108. The van der Waals surface area contributed by atoms with Crippen LogP contribution in [0.2, 0.25) is 0 Å². The fourth-order valence-electron chi connectivity index (χ4n) is 2.92. The molecule has 29 heavy (non-hydrogen) atoms. The van der Waals surface area contributed by atoms with Crippen LogP contribution in [-0.4, -0.2) is 39.6 Å². The molecule has 2 aromatic heterocycles. The number of aryl methyl sites for hydroxylation is 1. The Bertz CT molecular complexity index is 1000. The number of unbranched alkanes of at least 4 members (excludes halogenated alkanes) is 1. The average molecular weight is 398 g/mol. The molecule has 0 saturated carbocycles. The van der Waals surface area contributed by atoms with Gasteiger partial charge in [-0.05, 0) is 31.0 Å². The molecule has 3 rings (SSSR count). The van der Waals surface area contributed by atoms with E-state index in [-0.39, 0.29) is 18.8 Å². The van der Waals surface area contributed by atoms with Crippen molar-refractivity contribution in [3.8, 4) is 5.75 Å². The zero-order chi connectivity index (χ0) is 20.6. The summed E-state index contributed by atoms with van der Waals surface area (Å²) < 4.78 is 6.62. The predicted octanol–water partition coefficient (Wildman–Crippen LogP) is 2.31. The van der Waals surface area contributed by atoms with E-state index in [4.69, 9.17) is 14.7 Å². The molecule has 8 heteroatoms. The van der Waals surface area contributed by atoms with Gasteiger partial charge in [-0.15, -0.1) is 4.73 Å². The monoisotopic (exact) mass is 398 g/mol. The number of anilines is 1. The van der Waals surface area contributed by atoms with Crippen LogP contribution in [0.4, 0.5) is 5.69 Å². The first kappa shape index (κ1) is 20.6. The first-order valence-electron chi connectivity index (χ1n) is 9.71. The maximum Gasteiger partial charge on any atom is 0.287 e. The average Bonchev–Trinajstić information content (AvgIpc) is 2.73. The summed E-state index contributed by atoms with van der Waals surface area (Å²) in [6, 6.07) is 9.07. The van der Waals surface area contributed by atoms with Gasteiger partial charge < -0.3 is 20.0 Å². The number of nitrogens with zero attached hydrogens (tertiary/aromatic N) is 3. The van der Waals surface area contributed by atoms with Crippen molar-refractivity contribution in [2.75, 3.05) is 25.1 Å². The van der Waals surface area contributed by atoms with E-state index in [9.17, 15) is 4.79 Å². The smallest absolute Gasteiger partial charge is 0.287 e. The Morgan fingerprint density at radius 1 is 1.17 bits per heavy atom. The van der Waals surface area contributed by atoms with Crippen molar-refractivity contribution in [3.63, 3.8) is 0 Å². The minimum Gasteiger partial charge on any atom is -0.491 e. The number of ether oxygens (including phenoxy) is 1. The molecule has 0 spiro atoms. The molecule has 154 valence electrons. The molecule has 0 atom stereocenters. The van der Waals surface area contributed by atoms with Crippen LogP contribution in [0.5, 0.6) is 5.75 Å². The lowest BCUT2D eigenvalue weighted by atomic mass is 10.2. The predicted molar refractivity (Wildman–Crippen MR) is 111 cm³/mol. The van der Waals surface area contributed by atoms with Crippen LogP contribution in [0.25, 0.3) is 11.0 Å². The minimum atomic E-state index is -0.276. The molecule has 0 saturated heterocycles. The molecule has 3 aromatic rings. The highest BCUT2D eigenvalue weighted by Crippen LogP contribution is 2.23. The zero-order valence-corrected chi connectivity index (χ0v) is 16.7. The topological polar surface area (TPSA) is 98.5 Å². The Kier molecular flexibility index (Phi) is 7.02. The van der Waals surface area contributed by atoms with Gasteiger partial charge in [0.05, 0.1) is 23.4 Å². The molecule has 0 aliphatic rings. The van der Waals surface area contributed by atoms with Crippen LogP contribution >= 0.6 is 0 Å². The molecule has 1 aromatic carbocycles. The molecule has 0 amide bonds. The molecule has 0 fully saturated rings. The van der Waals surface area contributed by atoms with Gasteiger partial charge in [-0.25, -0.2) is 9.97 Å². The molecule has 0 radical (unpaired) electrons. The molecule has 8 nitrogen and oxygen atoms in total. The largest absolute Gasteiger partial charge is 0.491 e. The first-order chi connectivity index (χ1) is 14.1. The second-order valence-electron chi connectivity index (χ2n) is 6.60. The molecule has 0 aliphatic carbocycles. The highest BCUT2D eigenvalue weighted by Gasteiger charge is 2.14. The number of aromatic nitrogens is 3. The Hall–Kier alpha value is -3.13. The molecule has 0 unspecified atom stereocenters. The van der Waals surface area contributed by atoms with E-state index in [1.807, 2.05) is 31.2 Å². The van der Waals surface area contributed by atoms with Gasteiger partial charge >= 0.3 is 0 Å². The first-order valence-corrected chi connectivity index (χ1v) is 9.71. The number of benzene rings is 1. The minimum absolute atomic E-state index is 0.0223. The van der Waals surface area contributed by atoms with Crippen LogP contribution in [0.3, 0.4) is 0 Å². The van der Waals surface area contributed by atoms with Gasteiger partial charge in [-0.3, -0.25) is 4.79 Å². The zero-order valence-electron chi connectivity index (χ0n) is 16.7. The van der Waals surface area contributed by atoms with Crippen molar-refractivity contribution in [2.24, 2.45) is 0 Å². The van der Waals surface area contributed by atoms with Crippen molar-refractivity contribution in [1.82, 2.24) is 14.7 Å². The van der Waals surface area contributed by atoms with E-state index >= 15 is 0 Å². The van der Waals surface area contributed by atoms with Crippen LogP contribution in [0, 0.1) is 6.92 Å². The lowest BCUT2D eigenvalue weighted by Crippen LogP contribution is -2.29. The van der Waals surface area contributed by atoms with Gasteiger partial charge in [0.25, 0.3) is 5.56 Å². The normalized spacial score (nSPS) is 10.9. The van der Waals surface area contributed by atoms with E-state index in [0.717, 1.165) is 29.5 Å². The van der Waals surface area contributed by atoms with Gasteiger partial charge in [-0.1, -0.05) is 25.5 Å². The van der Waals surface area contributed by atoms with E-state index < -0.39 is 0 Å². The Balaban J connectivity index is 1.84. The highest BCUT2D eigenvalue weighted by molar-refractivity contribution is 5.90. The number of aliphatic hydroxyl groups excluding tert-OH is 1. The van der Waals surface area contributed by atoms with Gasteiger partial charge in [0, 0.05) is 12.6 Å². The maximum absolute atomic E-state index is 12.6. The summed E-state index contributed by atoms with van der Waals surface area (Å²) in [5, 5.41) is 12.9. The van der Waals surface area contributed by atoms with Crippen LogP contribution in [0.1, 0.15) is 31.0 Å². The number of nitrogens with one attached hydrogen (secondary N) is 1. The molecular weight excluding hydrogens is 372 g/mol. The number of pyridine rings is 1. The van der Waals surface area contributed by atoms with Gasteiger partial charge in [0.1, 0.15) is 25.3 Å². The quantitative estimate of drug-likeness (QED) is 0.506. The van der Waals surface area contributed by atoms with Crippen molar-refractivity contribution < 1.29 is 14.7 Å². The van der Waals surface area contributed by atoms with Crippen molar-refractivity contribution in [3.05, 3.63) is 58.3 Å². The third-order valence-electron chi connectivity index (χ3n) is 4.43. The van der Waals surface area contributed by atoms with Crippen molar-refractivity contribution in [1.29, 1.82) is 0 Å². The summed E-state index contributed by atoms with van der Waals surface area (Å²) in [7, 11) is 0. The summed E-state index contributed by atoms with van der Waals surface area (Å²) in [4.78, 5) is 26.8. The van der Waals surface area contributed by atoms with Crippen molar-refractivity contribution in [2.45, 2.75) is 33.2 Å². The summed E-state index contributed by atoms with van der Waals surface area (Å²) in [5.74, 6) is 0.698. The molecule has 0 bridgehead atoms. The summed E-state index contributed by atoms with van der Waals surface area (Å²) in [6.45, 7) is 5.15. The fraction of sp³-hybridized carbons (Fsp3) is 0.381. The second kappa shape index (κ2) is 9.88. The standard InChI is InChI=1S/C21H26N4O4/c1-3-4-10-29-25-19(27)12-18(20-15(2)23-14-24-21(20)25)22-13-16-5-7-17(8-6-16)28-11-9-26/h5-8,12,14,22,26H,3-4,9-11,13H2,1-2H3. The SMILES string of the molecule is CCCCOn1c(=O)cc(NCc2ccc(OCCO)cc2)c2c(C)ncnc21. The number of hydrogen-bond donors (Lipinski definition) is 2. The summed E-state index contributed by atoms with van der Waals surface area (Å²) >= 11 is 0. The van der Waals surface area contributed by atoms with Gasteiger partial charge in [-0.2, -0.15) is 0 Å². The van der Waals surface area contributed by atoms with Crippen LogP contribution in [-0.2, 0) is 6.54 Å². The Morgan fingerprint density at radius 2 is 1.97 bits per heavy atom. The van der Waals surface area contributed by atoms with Crippen LogP contribution < -0.4 is 20.5 Å². The van der Waals surface area contributed by atoms with Crippen LogP contribution in [0.15, 0.2) is 41.5 Å². The van der Waals surface area contributed by atoms with E-state index in [2.05, 4.69) is 22.2 Å². The third kappa shape index (κ3) is 5.03. The lowest BCUT2D eigenvalue weighted by Gasteiger charge is -2.15. The molecular formula is C21H26N4O4. The number of fused-ring (bicyclic) bond motifs is 1. The Morgan fingerprint density at radius 3 is 2.69 bits per heavy atom. The highest BCUT2D eigenvalue weighted by atomic mass is 16.7. The number of rotatable bonds is 10. The molecule has 0 aliphatic heterocycles. The molecule has 2 heterocycles. The molecule has 2 N–H and O–H groups in total. The third-order valence-corrected chi connectivity index (χ3v) is 4.43. The van der Waals surface area contributed by atoms with Crippen molar-refractivity contribution >= 4 is 16.7 Å². The van der Waals surface area contributed by atoms with E-state index in [1.165, 1.54) is 17.1 Å². The maximum atomic E-state index is 12.6. The fourth-order valence-corrected chi connectivity index (χ4v) is 2.92. The Labute approximate surface area is 169 Å². The number of hydrogen-bond acceptors (Lipinski definition) is 7. The van der Waals surface area contributed by atoms with Gasteiger partial charge in [0.15, 0.2) is 5.65 Å².